The smallest absolute Gasteiger partial charge is 0.255 e. The van der Waals surface area contributed by atoms with Crippen molar-refractivity contribution in [1.82, 2.24) is 14.7 Å². The third kappa shape index (κ3) is 6.02. The van der Waals surface area contributed by atoms with Gasteiger partial charge in [-0.2, -0.15) is 0 Å². The van der Waals surface area contributed by atoms with Gasteiger partial charge in [-0.25, -0.2) is 0 Å². The molecule has 0 aliphatic carbocycles. The van der Waals surface area contributed by atoms with Crippen molar-refractivity contribution >= 4 is 17.4 Å². The summed E-state index contributed by atoms with van der Waals surface area (Å²) in [5, 5.41) is 11.5. The Labute approximate surface area is 226 Å². The minimum Gasteiger partial charge on any atom is -0.388 e. The molecule has 2 fully saturated rings. The molecule has 0 spiro atoms. The van der Waals surface area contributed by atoms with Gasteiger partial charge >= 0.3 is 0 Å². The fourth-order valence-corrected chi connectivity index (χ4v) is 5.88. The minimum absolute atomic E-state index is 0.0715. The van der Waals surface area contributed by atoms with Crippen molar-refractivity contribution in [3.05, 3.63) is 89.6 Å². The highest BCUT2D eigenvalue weighted by atomic mass is 16.3. The number of β-amino-alcohol motifs (C(OH)–C–C–N with tert-alkyl or cyclic N) is 1. The van der Waals surface area contributed by atoms with Crippen molar-refractivity contribution in [2.75, 3.05) is 39.3 Å². The van der Waals surface area contributed by atoms with Crippen molar-refractivity contribution in [2.24, 2.45) is 0 Å². The highest BCUT2D eigenvalue weighted by Crippen LogP contribution is 2.32. The Hall–Kier alpha value is -3.38. The second kappa shape index (κ2) is 11.6. The molecule has 0 radical (unpaired) electrons. The van der Waals surface area contributed by atoms with E-state index in [-0.39, 0.29) is 17.7 Å². The number of nitrogens with zero attached hydrogens (tertiary/aromatic N) is 3. The molecule has 1 N–H and O–H groups in total. The van der Waals surface area contributed by atoms with Crippen LogP contribution >= 0.6 is 0 Å². The van der Waals surface area contributed by atoms with Crippen molar-refractivity contribution in [3.63, 3.8) is 0 Å². The van der Waals surface area contributed by atoms with Crippen LogP contribution in [0.5, 0.6) is 0 Å². The van der Waals surface area contributed by atoms with Gasteiger partial charge in [0.05, 0.1) is 11.2 Å². The van der Waals surface area contributed by atoms with Gasteiger partial charge in [-0.15, -0.1) is 0 Å². The zero-order valence-electron chi connectivity index (χ0n) is 22.4. The number of hydrogen-bond donors (Lipinski definition) is 1. The second-order valence-corrected chi connectivity index (χ2v) is 11.1. The van der Waals surface area contributed by atoms with E-state index in [4.69, 9.17) is 0 Å². The molecule has 0 unspecified atom stereocenters. The largest absolute Gasteiger partial charge is 0.388 e. The van der Waals surface area contributed by atoms with E-state index in [0.717, 1.165) is 37.1 Å². The van der Waals surface area contributed by atoms with Crippen LogP contribution in [0.2, 0.25) is 0 Å². The number of hydrogen-bond acceptors (Lipinski definition) is 4. The lowest BCUT2D eigenvalue weighted by molar-refractivity contribution is -0.136. The molecule has 6 heteroatoms. The molecule has 0 saturated carbocycles. The summed E-state index contributed by atoms with van der Waals surface area (Å²) in [5.41, 5.74) is 3.00. The maximum Gasteiger partial charge on any atom is 0.255 e. The first kappa shape index (κ1) is 26.2. The molecular formula is C32H39N3O3. The molecule has 6 nitrogen and oxygen atoms in total. The van der Waals surface area contributed by atoms with Gasteiger partial charge in [-0.1, -0.05) is 73.7 Å². The fraction of sp³-hybridized carbons (Fsp3) is 0.438. The fourth-order valence-electron chi connectivity index (χ4n) is 5.88. The third-order valence-electron chi connectivity index (χ3n) is 8.23. The van der Waals surface area contributed by atoms with Crippen LogP contribution in [0.15, 0.2) is 78.5 Å². The normalized spacial score (nSPS) is 20.1. The summed E-state index contributed by atoms with van der Waals surface area (Å²) in [7, 11) is 0. The lowest BCUT2D eigenvalue weighted by atomic mass is 9.89. The Kier molecular flexibility index (Phi) is 7.98. The molecule has 0 aromatic heterocycles. The van der Waals surface area contributed by atoms with Gasteiger partial charge in [-0.05, 0) is 48.3 Å². The first-order chi connectivity index (χ1) is 18.4. The van der Waals surface area contributed by atoms with E-state index in [1.807, 2.05) is 64.5 Å². The first-order valence-electron chi connectivity index (χ1n) is 14.0. The van der Waals surface area contributed by atoms with E-state index in [2.05, 4.69) is 30.0 Å². The van der Waals surface area contributed by atoms with Crippen LogP contribution in [0.25, 0.3) is 5.57 Å². The van der Waals surface area contributed by atoms with Crippen molar-refractivity contribution in [2.45, 2.75) is 50.5 Å². The Bertz CT molecular complexity index is 1180. The SMILES string of the molecule is C[C@H](CC(=O)N1CCC(O)(CN2C=C(C(=O)N3CCCC3)C(c3ccccc3)=CC2)CC1)c1ccccc1. The van der Waals surface area contributed by atoms with Crippen molar-refractivity contribution in [3.8, 4) is 0 Å². The van der Waals surface area contributed by atoms with Crippen LogP contribution in [0.4, 0.5) is 0 Å². The standard InChI is InChI=1S/C32H39N3O3/c1-25(26-10-4-2-5-11-26)22-30(36)34-20-15-32(38,16-21-34)24-33-19-14-28(27-12-6-3-7-13-27)29(23-33)31(37)35-17-8-9-18-35/h2-7,10-14,23,25,38H,8-9,15-22,24H2,1H3/t25-/m1/s1. The zero-order valence-corrected chi connectivity index (χ0v) is 22.4. The summed E-state index contributed by atoms with van der Waals surface area (Å²) in [5.74, 6) is 0.387. The molecular weight excluding hydrogens is 474 g/mol. The van der Waals surface area contributed by atoms with Crippen LogP contribution in [0.1, 0.15) is 56.1 Å². The molecule has 200 valence electrons. The quantitative estimate of drug-likeness (QED) is 0.595. The molecule has 1 atom stereocenters. The van der Waals surface area contributed by atoms with E-state index in [0.29, 0.717) is 51.0 Å². The molecule has 3 aliphatic rings. The van der Waals surface area contributed by atoms with E-state index >= 15 is 0 Å². The highest BCUT2D eigenvalue weighted by molar-refractivity contribution is 6.09. The summed E-state index contributed by atoms with van der Waals surface area (Å²) < 4.78 is 0. The maximum atomic E-state index is 13.5. The number of carbonyl (C=O) groups is 2. The van der Waals surface area contributed by atoms with Gasteiger partial charge in [0, 0.05) is 51.9 Å². The van der Waals surface area contributed by atoms with Gasteiger partial charge in [0.15, 0.2) is 0 Å². The summed E-state index contributed by atoms with van der Waals surface area (Å²) in [4.78, 5) is 32.4. The highest BCUT2D eigenvalue weighted by Gasteiger charge is 2.36. The molecule has 2 aromatic rings. The number of piperidine rings is 1. The maximum absolute atomic E-state index is 13.5. The molecule has 5 rings (SSSR count). The number of amides is 2. The lowest BCUT2D eigenvalue weighted by Crippen LogP contribution is -2.51. The summed E-state index contributed by atoms with van der Waals surface area (Å²) >= 11 is 0. The van der Waals surface area contributed by atoms with Gasteiger partial charge < -0.3 is 19.8 Å². The Balaban J connectivity index is 1.22. The number of rotatable bonds is 7. The Morgan fingerprint density at radius 3 is 2.18 bits per heavy atom. The minimum atomic E-state index is -0.891. The average Bonchev–Trinajstić information content (AvgIpc) is 3.49. The number of benzene rings is 2. The van der Waals surface area contributed by atoms with Crippen LogP contribution < -0.4 is 0 Å². The predicted octanol–water partition coefficient (Wildman–Crippen LogP) is 4.44. The number of carbonyl (C=O) groups excluding carboxylic acids is 2. The van der Waals surface area contributed by atoms with E-state index < -0.39 is 5.60 Å². The van der Waals surface area contributed by atoms with Crippen LogP contribution in [-0.2, 0) is 9.59 Å². The first-order valence-corrected chi connectivity index (χ1v) is 14.0. The summed E-state index contributed by atoms with van der Waals surface area (Å²) in [6.07, 6.45) is 7.72. The van der Waals surface area contributed by atoms with Gasteiger partial charge in [0.2, 0.25) is 5.91 Å². The number of likely N-dealkylation sites (tertiary alicyclic amines) is 2. The monoisotopic (exact) mass is 513 g/mol. The van der Waals surface area contributed by atoms with Crippen molar-refractivity contribution in [1.29, 1.82) is 0 Å². The van der Waals surface area contributed by atoms with Crippen LogP contribution in [-0.4, -0.2) is 76.5 Å². The summed E-state index contributed by atoms with van der Waals surface area (Å²) in [6.45, 7) is 5.89. The molecule has 2 saturated heterocycles. The molecule has 2 amide bonds. The van der Waals surface area contributed by atoms with E-state index in [1.54, 1.807) is 0 Å². The lowest BCUT2D eigenvalue weighted by Gasteiger charge is -2.41. The molecule has 0 bridgehead atoms. The van der Waals surface area contributed by atoms with Crippen molar-refractivity contribution < 1.29 is 14.7 Å². The van der Waals surface area contributed by atoms with E-state index in [1.165, 1.54) is 5.56 Å². The summed E-state index contributed by atoms with van der Waals surface area (Å²) in [6, 6.07) is 20.2. The zero-order chi connectivity index (χ0) is 26.5. The van der Waals surface area contributed by atoms with Crippen LogP contribution in [0.3, 0.4) is 0 Å². The van der Waals surface area contributed by atoms with Crippen LogP contribution in [0, 0.1) is 0 Å². The topological polar surface area (TPSA) is 64.1 Å². The van der Waals surface area contributed by atoms with E-state index in [9.17, 15) is 14.7 Å². The molecule has 38 heavy (non-hydrogen) atoms. The molecule has 3 aliphatic heterocycles. The average molecular weight is 514 g/mol. The van der Waals surface area contributed by atoms with Gasteiger partial charge in [0.1, 0.15) is 0 Å². The van der Waals surface area contributed by atoms with Gasteiger partial charge in [0.25, 0.3) is 5.91 Å². The Morgan fingerprint density at radius 2 is 1.53 bits per heavy atom. The Morgan fingerprint density at radius 1 is 0.895 bits per heavy atom. The predicted molar refractivity (Wildman–Crippen MR) is 150 cm³/mol. The van der Waals surface area contributed by atoms with Gasteiger partial charge in [-0.3, -0.25) is 9.59 Å². The molecule has 2 aromatic carbocycles. The number of aliphatic hydroxyl groups is 1. The second-order valence-electron chi connectivity index (χ2n) is 11.1. The third-order valence-corrected chi connectivity index (χ3v) is 8.23. The molecule has 3 heterocycles.